The predicted octanol–water partition coefficient (Wildman–Crippen LogP) is 3.11. The molecule has 0 atom stereocenters. The second kappa shape index (κ2) is 8.64. The van der Waals surface area contributed by atoms with Gasteiger partial charge >= 0.3 is 6.01 Å². The molecule has 1 heterocycles. The Morgan fingerprint density at radius 1 is 1.10 bits per heavy atom. The summed E-state index contributed by atoms with van der Waals surface area (Å²) in [7, 11) is 1.80. The highest BCUT2D eigenvalue weighted by molar-refractivity contribution is 5.38. The van der Waals surface area contributed by atoms with Gasteiger partial charge in [-0.25, -0.2) is 0 Å². The molecule has 0 aliphatic rings. The van der Waals surface area contributed by atoms with Crippen molar-refractivity contribution < 1.29 is 4.74 Å². The lowest BCUT2D eigenvalue weighted by atomic mass is 10.2. The smallest absolute Gasteiger partial charge is 0.323 e. The minimum absolute atomic E-state index is 0.0394. The van der Waals surface area contributed by atoms with E-state index in [1.54, 1.807) is 7.05 Å². The molecular formula is C15H29N5O. The maximum atomic E-state index is 5.62. The second-order valence-electron chi connectivity index (χ2n) is 5.65. The zero-order valence-electron chi connectivity index (χ0n) is 14.2. The number of nitrogens with one attached hydrogen (secondary N) is 1. The summed E-state index contributed by atoms with van der Waals surface area (Å²) in [6.07, 6.45) is 3.59. The zero-order valence-corrected chi connectivity index (χ0v) is 14.2. The highest BCUT2D eigenvalue weighted by Crippen LogP contribution is 2.18. The topological polar surface area (TPSA) is 63.2 Å². The van der Waals surface area contributed by atoms with Gasteiger partial charge in [-0.05, 0) is 34.1 Å². The number of unbranched alkanes of at least 4 members (excludes halogenated alkanes) is 2. The first kappa shape index (κ1) is 17.5. The Morgan fingerprint density at radius 3 is 2.33 bits per heavy atom. The quantitative estimate of drug-likeness (QED) is 0.706. The number of rotatable bonds is 9. The van der Waals surface area contributed by atoms with E-state index in [2.05, 4.69) is 45.9 Å². The van der Waals surface area contributed by atoms with Crippen molar-refractivity contribution in [1.82, 2.24) is 15.0 Å². The Labute approximate surface area is 128 Å². The lowest BCUT2D eigenvalue weighted by Crippen LogP contribution is -2.33. The van der Waals surface area contributed by atoms with Gasteiger partial charge in [0.05, 0.1) is 6.10 Å². The van der Waals surface area contributed by atoms with Crippen LogP contribution >= 0.6 is 0 Å². The Morgan fingerprint density at radius 2 is 1.81 bits per heavy atom. The van der Waals surface area contributed by atoms with Crippen LogP contribution in [-0.4, -0.2) is 40.7 Å². The average molecular weight is 295 g/mol. The molecule has 0 radical (unpaired) electrons. The number of hydrogen-bond donors (Lipinski definition) is 1. The molecule has 1 rings (SSSR count). The minimum atomic E-state index is 0.0394. The van der Waals surface area contributed by atoms with Crippen molar-refractivity contribution in [3.05, 3.63) is 0 Å². The van der Waals surface area contributed by atoms with E-state index in [1.165, 1.54) is 12.8 Å². The molecule has 0 aliphatic carbocycles. The van der Waals surface area contributed by atoms with Crippen LogP contribution in [0.4, 0.5) is 11.9 Å². The molecular weight excluding hydrogens is 266 g/mol. The normalized spacial score (nSPS) is 11.0. The van der Waals surface area contributed by atoms with Crippen molar-refractivity contribution >= 4 is 11.9 Å². The average Bonchev–Trinajstić information content (AvgIpc) is 2.42. The molecule has 1 aromatic rings. The predicted molar refractivity (Wildman–Crippen MR) is 87.1 cm³/mol. The summed E-state index contributed by atoms with van der Waals surface area (Å²) >= 11 is 0. The van der Waals surface area contributed by atoms with E-state index in [-0.39, 0.29) is 6.10 Å². The van der Waals surface area contributed by atoms with Gasteiger partial charge in [-0.3, -0.25) is 0 Å². The molecule has 1 N–H and O–H groups in total. The van der Waals surface area contributed by atoms with Gasteiger partial charge in [0.1, 0.15) is 0 Å². The van der Waals surface area contributed by atoms with Crippen LogP contribution in [0.1, 0.15) is 53.9 Å². The molecule has 120 valence electrons. The van der Waals surface area contributed by atoms with Crippen LogP contribution in [0.5, 0.6) is 6.01 Å². The van der Waals surface area contributed by atoms with Crippen LogP contribution in [0.2, 0.25) is 0 Å². The molecule has 0 spiro atoms. The van der Waals surface area contributed by atoms with Crippen molar-refractivity contribution in [2.45, 2.75) is 66.0 Å². The van der Waals surface area contributed by atoms with E-state index in [1.807, 2.05) is 13.8 Å². The van der Waals surface area contributed by atoms with Crippen molar-refractivity contribution in [2.24, 2.45) is 0 Å². The summed E-state index contributed by atoms with van der Waals surface area (Å²) in [5.41, 5.74) is 0. The summed E-state index contributed by atoms with van der Waals surface area (Å²) in [4.78, 5) is 15.4. The van der Waals surface area contributed by atoms with Gasteiger partial charge in [0.15, 0.2) is 0 Å². The minimum Gasteiger partial charge on any atom is -0.461 e. The number of aromatic nitrogens is 3. The Kier molecular flexibility index (Phi) is 7.19. The zero-order chi connectivity index (χ0) is 15.8. The number of hydrogen-bond acceptors (Lipinski definition) is 6. The lowest BCUT2D eigenvalue weighted by molar-refractivity contribution is 0.222. The first-order valence-electron chi connectivity index (χ1n) is 7.85. The number of anilines is 2. The highest BCUT2D eigenvalue weighted by Gasteiger charge is 2.17. The first-order valence-corrected chi connectivity index (χ1v) is 7.85. The summed E-state index contributed by atoms with van der Waals surface area (Å²) < 4.78 is 5.62. The van der Waals surface area contributed by atoms with Crippen molar-refractivity contribution in [1.29, 1.82) is 0 Å². The van der Waals surface area contributed by atoms with Gasteiger partial charge in [-0.2, -0.15) is 15.0 Å². The summed E-state index contributed by atoms with van der Waals surface area (Å²) in [6, 6.07) is 0.710. The van der Waals surface area contributed by atoms with Crippen LogP contribution in [0.15, 0.2) is 0 Å². The van der Waals surface area contributed by atoms with Crippen LogP contribution in [0, 0.1) is 0 Å². The van der Waals surface area contributed by atoms with E-state index in [9.17, 15) is 0 Å². The first-order chi connectivity index (χ1) is 9.97. The molecule has 0 amide bonds. The van der Waals surface area contributed by atoms with Gasteiger partial charge in [0.25, 0.3) is 0 Å². The van der Waals surface area contributed by atoms with Gasteiger partial charge in [-0.1, -0.05) is 19.8 Å². The van der Waals surface area contributed by atoms with E-state index >= 15 is 0 Å². The molecule has 1 aromatic heterocycles. The fourth-order valence-corrected chi connectivity index (χ4v) is 1.97. The summed E-state index contributed by atoms with van der Waals surface area (Å²) in [6.45, 7) is 11.4. The molecule has 6 nitrogen and oxygen atoms in total. The summed E-state index contributed by atoms with van der Waals surface area (Å²) in [5, 5.41) is 2.97. The molecule has 0 unspecified atom stereocenters. The summed E-state index contributed by atoms with van der Waals surface area (Å²) in [5.74, 6) is 1.22. The Balaban J connectivity index is 2.99. The SMILES string of the molecule is CCCCCN(c1nc(NC)nc(OC(C)C)n1)C(C)C. The Hall–Kier alpha value is -1.59. The van der Waals surface area contributed by atoms with E-state index < -0.39 is 0 Å². The molecule has 0 fully saturated rings. The van der Waals surface area contributed by atoms with Gasteiger partial charge in [-0.15, -0.1) is 0 Å². The maximum Gasteiger partial charge on any atom is 0.323 e. The van der Waals surface area contributed by atoms with Crippen LogP contribution in [-0.2, 0) is 0 Å². The third-order valence-corrected chi connectivity index (χ3v) is 3.05. The fourth-order valence-electron chi connectivity index (χ4n) is 1.97. The molecule has 6 heteroatoms. The standard InChI is InChI=1S/C15H29N5O/c1-7-8-9-10-20(11(2)3)14-17-13(16-6)18-15(19-14)21-12(4)5/h11-12H,7-10H2,1-6H3,(H,16,17,18,19). The maximum absolute atomic E-state index is 5.62. The van der Waals surface area contributed by atoms with Crippen molar-refractivity contribution in [3.8, 4) is 6.01 Å². The van der Waals surface area contributed by atoms with Crippen molar-refractivity contribution in [3.63, 3.8) is 0 Å². The third kappa shape index (κ3) is 5.73. The third-order valence-electron chi connectivity index (χ3n) is 3.05. The van der Waals surface area contributed by atoms with Gasteiger partial charge < -0.3 is 15.0 Å². The van der Waals surface area contributed by atoms with Crippen LogP contribution in [0.25, 0.3) is 0 Å². The van der Waals surface area contributed by atoms with E-state index in [0.717, 1.165) is 13.0 Å². The lowest BCUT2D eigenvalue weighted by Gasteiger charge is -2.27. The van der Waals surface area contributed by atoms with Gasteiger partial charge in [0.2, 0.25) is 11.9 Å². The number of ether oxygens (including phenoxy) is 1. The number of nitrogens with zero attached hydrogens (tertiary/aromatic N) is 4. The van der Waals surface area contributed by atoms with Gasteiger partial charge in [0, 0.05) is 19.6 Å². The van der Waals surface area contributed by atoms with E-state index in [4.69, 9.17) is 4.74 Å². The molecule has 0 saturated carbocycles. The molecule has 0 saturated heterocycles. The monoisotopic (exact) mass is 295 g/mol. The Bertz CT molecular complexity index is 423. The van der Waals surface area contributed by atoms with Crippen LogP contribution < -0.4 is 15.0 Å². The molecule has 0 aromatic carbocycles. The fraction of sp³-hybridized carbons (Fsp3) is 0.800. The van der Waals surface area contributed by atoms with Crippen molar-refractivity contribution in [2.75, 3.05) is 23.8 Å². The molecule has 21 heavy (non-hydrogen) atoms. The highest BCUT2D eigenvalue weighted by atomic mass is 16.5. The largest absolute Gasteiger partial charge is 0.461 e. The van der Waals surface area contributed by atoms with E-state index in [0.29, 0.717) is 23.9 Å². The molecule has 0 aliphatic heterocycles. The second-order valence-corrected chi connectivity index (χ2v) is 5.65. The molecule has 0 bridgehead atoms. The van der Waals surface area contributed by atoms with Crippen LogP contribution in [0.3, 0.4) is 0 Å².